The number of aromatic nitrogens is 5. The molecule has 3 aromatic rings. The summed E-state index contributed by atoms with van der Waals surface area (Å²) in [5.74, 6) is 1.39. The molecule has 2 fully saturated rings. The lowest BCUT2D eigenvalue weighted by molar-refractivity contribution is 0.0336. The number of hydrogen-bond acceptors (Lipinski definition) is 10. The van der Waals surface area contributed by atoms with Crippen LogP contribution in [0.5, 0.6) is 0 Å². The standard InChI is InChI=1S/C23H30N8OS/c1-16-11-19(29-22(27-16)28-17-5-3-2-4-6-17)20-13-26-23(33-20)30-21-14-24-18(12-25-21)15-31-7-9-32-10-8-31/h11-14,17H,2-10,15H2,1H3,(H,25,26,30)(H,27,28,29). The van der Waals surface area contributed by atoms with Gasteiger partial charge in [-0.05, 0) is 25.8 Å². The first-order chi connectivity index (χ1) is 16.2. The Balaban J connectivity index is 1.22. The second kappa shape index (κ2) is 10.5. The van der Waals surface area contributed by atoms with Crippen LogP contribution >= 0.6 is 11.3 Å². The van der Waals surface area contributed by atoms with Gasteiger partial charge in [-0.2, -0.15) is 0 Å². The van der Waals surface area contributed by atoms with Gasteiger partial charge in [-0.25, -0.2) is 19.9 Å². The smallest absolute Gasteiger partial charge is 0.223 e. The van der Waals surface area contributed by atoms with Crippen molar-refractivity contribution in [1.29, 1.82) is 0 Å². The van der Waals surface area contributed by atoms with E-state index >= 15 is 0 Å². The molecule has 5 rings (SSSR count). The summed E-state index contributed by atoms with van der Waals surface area (Å²) >= 11 is 1.55. The average Bonchev–Trinajstić information content (AvgIpc) is 3.30. The molecular weight excluding hydrogens is 436 g/mol. The molecule has 3 aromatic heterocycles. The number of hydrogen-bond donors (Lipinski definition) is 2. The summed E-state index contributed by atoms with van der Waals surface area (Å²) in [6.07, 6.45) is 11.7. The number of ether oxygens (including phenoxy) is 1. The molecule has 0 atom stereocenters. The van der Waals surface area contributed by atoms with Crippen molar-refractivity contribution < 1.29 is 4.74 Å². The predicted octanol–water partition coefficient (Wildman–Crippen LogP) is 4.02. The largest absolute Gasteiger partial charge is 0.379 e. The van der Waals surface area contributed by atoms with Crippen molar-refractivity contribution in [3.05, 3.63) is 36.0 Å². The van der Waals surface area contributed by atoms with E-state index in [9.17, 15) is 0 Å². The molecule has 9 nitrogen and oxygen atoms in total. The predicted molar refractivity (Wildman–Crippen MR) is 130 cm³/mol. The second-order valence-corrected chi connectivity index (χ2v) is 9.66. The number of thiazole rings is 1. The zero-order valence-electron chi connectivity index (χ0n) is 19.0. The normalized spacial score (nSPS) is 17.7. The van der Waals surface area contributed by atoms with E-state index in [-0.39, 0.29) is 0 Å². The molecule has 174 valence electrons. The molecule has 0 unspecified atom stereocenters. The molecule has 1 saturated heterocycles. The Bertz CT molecular complexity index is 1040. The summed E-state index contributed by atoms with van der Waals surface area (Å²) in [4.78, 5) is 26.3. The van der Waals surface area contributed by atoms with Crippen molar-refractivity contribution in [3.63, 3.8) is 0 Å². The van der Waals surface area contributed by atoms with Crippen LogP contribution in [0.15, 0.2) is 24.7 Å². The Labute approximate surface area is 198 Å². The molecule has 0 amide bonds. The van der Waals surface area contributed by atoms with E-state index in [1.165, 1.54) is 32.1 Å². The van der Waals surface area contributed by atoms with E-state index in [1.54, 1.807) is 17.5 Å². The molecule has 0 radical (unpaired) electrons. The summed E-state index contributed by atoms with van der Waals surface area (Å²) < 4.78 is 5.40. The molecule has 0 bridgehead atoms. The Hall–Kier alpha value is -2.69. The lowest BCUT2D eigenvalue weighted by atomic mass is 9.96. The van der Waals surface area contributed by atoms with Crippen LogP contribution in [0.2, 0.25) is 0 Å². The van der Waals surface area contributed by atoms with Gasteiger partial charge in [0, 0.05) is 37.6 Å². The summed E-state index contributed by atoms with van der Waals surface area (Å²) in [5.41, 5.74) is 2.79. The van der Waals surface area contributed by atoms with Gasteiger partial charge in [0.05, 0.1) is 41.9 Å². The maximum atomic E-state index is 5.40. The van der Waals surface area contributed by atoms with Gasteiger partial charge < -0.3 is 15.4 Å². The number of anilines is 3. The summed E-state index contributed by atoms with van der Waals surface area (Å²) in [5, 5.41) is 7.55. The van der Waals surface area contributed by atoms with Gasteiger partial charge in [0.15, 0.2) is 10.9 Å². The molecule has 0 spiro atoms. The van der Waals surface area contributed by atoms with Crippen molar-refractivity contribution >= 4 is 28.2 Å². The van der Waals surface area contributed by atoms with E-state index in [2.05, 4.69) is 35.5 Å². The third-order valence-corrected chi connectivity index (χ3v) is 6.92. The SMILES string of the molecule is Cc1cc(-c2cnc(Nc3cnc(CN4CCOCC4)cn3)s2)nc(NC2CCCCC2)n1. The first-order valence-electron chi connectivity index (χ1n) is 11.7. The molecule has 1 aliphatic carbocycles. The zero-order valence-corrected chi connectivity index (χ0v) is 19.8. The Morgan fingerprint density at radius 2 is 1.88 bits per heavy atom. The Kier molecular flexibility index (Phi) is 7.03. The first-order valence-corrected chi connectivity index (χ1v) is 12.5. The van der Waals surface area contributed by atoms with Crippen LogP contribution in [-0.2, 0) is 11.3 Å². The Morgan fingerprint density at radius 1 is 1.03 bits per heavy atom. The quantitative estimate of drug-likeness (QED) is 0.534. The van der Waals surface area contributed by atoms with Crippen molar-refractivity contribution in [2.45, 2.75) is 51.6 Å². The molecule has 0 aromatic carbocycles. The summed E-state index contributed by atoms with van der Waals surface area (Å²) in [6, 6.07) is 2.47. The van der Waals surface area contributed by atoms with E-state index < -0.39 is 0 Å². The van der Waals surface area contributed by atoms with Crippen LogP contribution in [0.25, 0.3) is 10.6 Å². The van der Waals surface area contributed by atoms with Crippen molar-refractivity contribution in [2.75, 3.05) is 36.9 Å². The fraction of sp³-hybridized carbons (Fsp3) is 0.522. The highest BCUT2D eigenvalue weighted by molar-refractivity contribution is 7.18. The van der Waals surface area contributed by atoms with Crippen molar-refractivity contribution in [1.82, 2.24) is 29.8 Å². The highest BCUT2D eigenvalue weighted by atomic mass is 32.1. The second-order valence-electron chi connectivity index (χ2n) is 8.63. The van der Waals surface area contributed by atoms with E-state index in [4.69, 9.17) is 9.72 Å². The summed E-state index contributed by atoms with van der Waals surface area (Å²) in [7, 11) is 0. The minimum absolute atomic E-state index is 0.469. The van der Waals surface area contributed by atoms with Gasteiger partial charge in [0.1, 0.15) is 0 Å². The highest BCUT2D eigenvalue weighted by Gasteiger charge is 2.16. The van der Waals surface area contributed by atoms with E-state index in [0.29, 0.717) is 17.8 Å². The van der Waals surface area contributed by atoms with Gasteiger partial charge in [0.2, 0.25) is 5.95 Å². The lowest BCUT2D eigenvalue weighted by Crippen LogP contribution is -2.35. The molecule has 2 aliphatic rings. The molecule has 10 heteroatoms. The number of nitrogens with one attached hydrogen (secondary N) is 2. The summed E-state index contributed by atoms with van der Waals surface area (Å²) in [6.45, 7) is 6.23. The Morgan fingerprint density at radius 3 is 2.67 bits per heavy atom. The highest BCUT2D eigenvalue weighted by Crippen LogP contribution is 2.30. The van der Waals surface area contributed by atoms with Crippen LogP contribution < -0.4 is 10.6 Å². The van der Waals surface area contributed by atoms with Crippen molar-refractivity contribution in [3.8, 4) is 10.6 Å². The number of aryl methyl sites for hydroxylation is 1. The van der Waals surface area contributed by atoms with Crippen molar-refractivity contribution in [2.24, 2.45) is 0 Å². The van der Waals surface area contributed by atoms with Crippen LogP contribution in [0.3, 0.4) is 0 Å². The molecule has 1 saturated carbocycles. The van der Waals surface area contributed by atoms with Gasteiger partial charge >= 0.3 is 0 Å². The monoisotopic (exact) mass is 466 g/mol. The first kappa shape index (κ1) is 22.1. The lowest BCUT2D eigenvalue weighted by Gasteiger charge is -2.25. The molecule has 1 aliphatic heterocycles. The average molecular weight is 467 g/mol. The van der Waals surface area contributed by atoms with Crippen LogP contribution in [-0.4, -0.2) is 62.2 Å². The molecule has 4 heterocycles. The van der Waals surface area contributed by atoms with Crippen LogP contribution in [0.4, 0.5) is 16.9 Å². The zero-order chi connectivity index (χ0) is 22.5. The fourth-order valence-corrected chi connectivity index (χ4v) is 5.02. The topological polar surface area (TPSA) is 101 Å². The third-order valence-electron chi connectivity index (χ3n) is 5.98. The van der Waals surface area contributed by atoms with E-state index in [0.717, 1.165) is 59.9 Å². The van der Waals surface area contributed by atoms with Crippen LogP contribution in [0, 0.1) is 6.92 Å². The van der Waals surface area contributed by atoms with Gasteiger partial charge in [-0.15, -0.1) is 0 Å². The maximum absolute atomic E-state index is 5.40. The molecule has 33 heavy (non-hydrogen) atoms. The minimum atomic E-state index is 0.469. The number of morpholine rings is 1. The fourth-order valence-electron chi connectivity index (χ4n) is 4.24. The number of nitrogens with zero attached hydrogens (tertiary/aromatic N) is 6. The van der Waals surface area contributed by atoms with Gasteiger partial charge in [-0.1, -0.05) is 30.6 Å². The minimum Gasteiger partial charge on any atom is -0.379 e. The van der Waals surface area contributed by atoms with E-state index in [1.807, 2.05) is 25.4 Å². The van der Waals surface area contributed by atoms with Gasteiger partial charge in [-0.3, -0.25) is 9.88 Å². The molecule has 2 N–H and O–H groups in total. The third kappa shape index (κ3) is 6.01. The molecular formula is C23H30N8OS. The maximum Gasteiger partial charge on any atom is 0.223 e. The van der Waals surface area contributed by atoms with Gasteiger partial charge in [0.25, 0.3) is 0 Å². The van der Waals surface area contributed by atoms with Crippen LogP contribution in [0.1, 0.15) is 43.5 Å². The number of rotatable bonds is 7.